The summed E-state index contributed by atoms with van der Waals surface area (Å²) >= 11 is 6.46. The minimum absolute atomic E-state index is 0.0480. The van der Waals surface area contributed by atoms with Crippen LogP contribution in [0.4, 0.5) is 5.69 Å². The lowest BCUT2D eigenvalue weighted by molar-refractivity contribution is 0.0135. The van der Waals surface area contributed by atoms with Gasteiger partial charge in [0.2, 0.25) is 5.88 Å². The molecule has 0 bridgehead atoms. The number of nitrogens with zero attached hydrogens (tertiary/aromatic N) is 4. The van der Waals surface area contributed by atoms with Crippen LogP contribution in [0.15, 0.2) is 72.3 Å². The van der Waals surface area contributed by atoms with Crippen molar-refractivity contribution in [1.82, 2.24) is 14.5 Å². The van der Waals surface area contributed by atoms with E-state index in [0.717, 1.165) is 49.4 Å². The second-order valence-corrected chi connectivity index (χ2v) is 17.2. The zero-order chi connectivity index (χ0) is 37.9. The maximum Gasteiger partial charge on any atom is 0.286 e. The fourth-order valence-corrected chi connectivity index (χ4v) is 10.3. The maximum absolute atomic E-state index is 14.5. The van der Waals surface area contributed by atoms with E-state index in [4.69, 9.17) is 25.8 Å². The minimum Gasteiger partial charge on any atom is -0.490 e. The topological polar surface area (TPSA) is 124 Å². The average Bonchev–Trinajstić information content (AvgIpc) is 3.44. The molecule has 1 aromatic heterocycles. The number of allylic oxidation sites excluding steroid dienone is 1. The Balaban J connectivity index is 1.37. The quantitative estimate of drug-likeness (QED) is 0.186. The number of fused-ring (bicyclic) bond motifs is 3. The molecular weight excluding hydrogens is 714 g/mol. The van der Waals surface area contributed by atoms with E-state index in [1.54, 1.807) is 38.4 Å². The zero-order valence-corrected chi connectivity index (χ0v) is 32.6. The van der Waals surface area contributed by atoms with Gasteiger partial charge in [-0.1, -0.05) is 36.7 Å². The van der Waals surface area contributed by atoms with Gasteiger partial charge in [-0.3, -0.25) is 19.0 Å². The number of carbonyl (C=O) groups is 2. The number of amides is 2. The molecular formula is C40H50ClN5O6S. The van der Waals surface area contributed by atoms with Crippen molar-refractivity contribution in [2.45, 2.75) is 57.0 Å². The van der Waals surface area contributed by atoms with Crippen molar-refractivity contribution in [3.05, 3.63) is 95.2 Å². The molecule has 6 atom stereocenters. The molecule has 1 aliphatic heterocycles. The molecule has 6 rings (SSSR count). The molecule has 13 heteroatoms. The highest BCUT2D eigenvalue weighted by molar-refractivity contribution is 7.92. The molecule has 1 spiro atoms. The summed E-state index contributed by atoms with van der Waals surface area (Å²) in [5.41, 5.74) is 3.30. The van der Waals surface area contributed by atoms with E-state index in [2.05, 4.69) is 44.4 Å². The van der Waals surface area contributed by atoms with Crippen molar-refractivity contribution < 1.29 is 28.0 Å². The SMILES string of the molecule is C=CC[C@H](C)C[S@](=O)(=NC(=O)c1ccc2c(c1)N(C[C@@H]1CC[C@H]1[C@H](C=C)OC)C[C@@]1(CCCc3cc(Cl)ccc31)CO2)NC(=O)c1cn(C)nc1OC. The van der Waals surface area contributed by atoms with Gasteiger partial charge < -0.3 is 19.1 Å². The predicted octanol–water partition coefficient (Wildman–Crippen LogP) is 6.95. The van der Waals surface area contributed by atoms with Crippen LogP contribution in [0.25, 0.3) is 0 Å². The number of nitrogens with one attached hydrogen (secondary N) is 1. The first-order valence-corrected chi connectivity index (χ1v) is 20.2. The van der Waals surface area contributed by atoms with Crippen molar-refractivity contribution in [1.29, 1.82) is 0 Å². The summed E-state index contributed by atoms with van der Waals surface area (Å²) in [6.07, 6.45) is 10.5. The summed E-state index contributed by atoms with van der Waals surface area (Å²) in [5.74, 6) is -0.250. The van der Waals surface area contributed by atoms with Gasteiger partial charge in [0.1, 0.15) is 21.2 Å². The van der Waals surface area contributed by atoms with E-state index in [0.29, 0.717) is 37.2 Å². The molecule has 11 nitrogen and oxygen atoms in total. The molecule has 0 radical (unpaired) electrons. The minimum atomic E-state index is -3.60. The Morgan fingerprint density at radius 2 is 2.04 bits per heavy atom. The van der Waals surface area contributed by atoms with Crippen LogP contribution in [0.2, 0.25) is 5.02 Å². The highest BCUT2D eigenvalue weighted by atomic mass is 35.5. The Morgan fingerprint density at radius 3 is 2.74 bits per heavy atom. The van der Waals surface area contributed by atoms with Gasteiger partial charge in [0, 0.05) is 49.4 Å². The van der Waals surface area contributed by atoms with Crippen LogP contribution < -0.4 is 19.1 Å². The van der Waals surface area contributed by atoms with Gasteiger partial charge in [-0.15, -0.1) is 22.6 Å². The Bertz CT molecular complexity index is 2010. The fourth-order valence-electron chi connectivity index (χ4n) is 8.23. The highest BCUT2D eigenvalue weighted by Gasteiger charge is 2.44. The Labute approximate surface area is 318 Å². The first kappa shape index (κ1) is 38.6. The molecule has 0 unspecified atom stereocenters. The molecule has 3 aromatic rings. The normalized spacial score (nSPS) is 22.8. The van der Waals surface area contributed by atoms with Crippen molar-refractivity contribution in [3.63, 3.8) is 0 Å². The van der Waals surface area contributed by atoms with E-state index in [-0.39, 0.29) is 40.2 Å². The molecule has 2 heterocycles. The number of hydrogen-bond donors (Lipinski definition) is 1. The lowest BCUT2D eigenvalue weighted by Crippen LogP contribution is -2.49. The van der Waals surface area contributed by atoms with Crippen LogP contribution in [0.3, 0.4) is 0 Å². The summed E-state index contributed by atoms with van der Waals surface area (Å²) in [7, 11) is 1.16. The van der Waals surface area contributed by atoms with Gasteiger partial charge in [0.15, 0.2) is 0 Å². The summed E-state index contributed by atoms with van der Waals surface area (Å²) in [6, 6.07) is 11.4. The van der Waals surface area contributed by atoms with Crippen LogP contribution in [-0.4, -0.2) is 71.6 Å². The van der Waals surface area contributed by atoms with Gasteiger partial charge in [0.05, 0.1) is 31.3 Å². The van der Waals surface area contributed by atoms with Crippen LogP contribution in [0.1, 0.15) is 70.9 Å². The largest absolute Gasteiger partial charge is 0.490 e. The number of halogens is 1. The Morgan fingerprint density at radius 1 is 1.23 bits per heavy atom. The molecule has 2 aromatic carbocycles. The predicted molar refractivity (Wildman–Crippen MR) is 208 cm³/mol. The molecule has 2 amide bonds. The van der Waals surface area contributed by atoms with Crippen LogP contribution in [-0.2, 0) is 33.5 Å². The van der Waals surface area contributed by atoms with Gasteiger partial charge in [-0.2, -0.15) is 0 Å². The molecule has 1 N–H and O–H groups in total. The standard InChI is InChI=1S/C40H50ClN5O6S/c1-7-10-26(3)23-53(49,44-38(48)32-22-45(4)42-39(32)51-6)43-37(47)28-13-17-36-34(20-28)46(21-29-12-15-31(29)35(8-2)50-5)24-40(25-52-36)18-9-11-27-19-30(41)14-16-33(27)40/h7-8,13-14,16-17,19-20,22,26,29,31,35H,1-2,9-12,15,18,21,23-25H2,3-6H3,(H,43,44,47,48,49)/t26-,29-,31+,35-,40-,53-/m0/s1. The van der Waals surface area contributed by atoms with Crippen molar-refractivity contribution in [2.75, 3.05) is 44.6 Å². The van der Waals surface area contributed by atoms with Crippen molar-refractivity contribution in [3.8, 4) is 11.6 Å². The van der Waals surface area contributed by atoms with E-state index in [1.165, 1.54) is 29.1 Å². The van der Waals surface area contributed by atoms with Crippen molar-refractivity contribution >= 4 is 39.0 Å². The monoisotopic (exact) mass is 763 g/mol. The molecule has 1 fully saturated rings. The fraction of sp³-hybridized carbons (Fsp3) is 0.475. The van der Waals surface area contributed by atoms with Gasteiger partial charge in [0.25, 0.3) is 11.8 Å². The lowest BCUT2D eigenvalue weighted by atomic mass is 9.68. The Hall–Kier alpha value is -4.13. The maximum atomic E-state index is 14.5. The molecule has 284 valence electrons. The number of methoxy groups -OCH3 is 2. The first-order chi connectivity index (χ1) is 25.4. The van der Waals surface area contributed by atoms with Gasteiger partial charge in [-0.05, 0) is 97.7 Å². The van der Waals surface area contributed by atoms with E-state index < -0.39 is 21.7 Å². The summed E-state index contributed by atoms with van der Waals surface area (Å²) in [4.78, 5) is 29.9. The smallest absolute Gasteiger partial charge is 0.286 e. The molecule has 2 aliphatic carbocycles. The number of ether oxygens (including phenoxy) is 3. The number of aryl methyl sites for hydroxylation is 2. The van der Waals surface area contributed by atoms with Crippen LogP contribution in [0, 0.1) is 17.8 Å². The van der Waals surface area contributed by atoms with Crippen LogP contribution in [0.5, 0.6) is 11.6 Å². The number of hydrogen-bond acceptors (Lipinski definition) is 8. The zero-order valence-electron chi connectivity index (χ0n) is 31.0. The third-order valence-corrected chi connectivity index (χ3v) is 13.2. The number of benzene rings is 2. The van der Waals surface area contributed by atoms with Gasteiger partial charge >= 0.3 is 0 Å². The summed E-state index contributed by atoms with van der Waals surface area (Å²) in [5, 5.41) is 4.86. The Kier molecular flexibility index (Phi) is 11.7. The third-order valence-electron chi connectivity index (χ3n) is 10.9. The molecule has 53 heavy (non-hydrogen) atoms. The molecule has 3 aliphatic rings. The van der Waals surface area contributed by atoms with E-state index in [9.17, 15) is 13.8 Å². The van der Waals surface area contributed by atoms with Gasteiger partial charge in [-0.25, -0.2) is 4.21 Å². The number of carbonyl (C=O) groups excluding carboxylic acids is 2. The summed E-state index contributed by atoms with van der Waals surface area (Å²) in [6.45, 7) is 11.6. The second-order valence-electron chi connectivity index (χ2n) is 14.7. The first-order valence-electron chi connectivity index (χ1n) is 18.2. The van der Waals surface area contributed by atoms with Crippen molar-refractivity contribution in [2.24, 2.45) is 29.2 Å². The number of aromatic nitrogens is 2. The summed E-state index contributed by atoms with van der Waals surface area (Å²) < 4.78 is 40.4. The number of rotatable bonds is 13. The third kappa shape index (κ3) is 8.19. The van der Waals surface area contributed by atoms with E-state index in [1.807, 2.05) is 19.1 Å². The highest BCUT2D eigenvalue weighted by Crippen LogP contribution is 2.47. The lowest BCUT2D eigenvalue weighted by Gasteiger charge is -2.46. The van der Waals surface area contributed by atoms with E-state index >= 15 is 0 Å². The number of anilines is 1. The average molecular weight is 764 g/mol. The second kappa shape index (κ2) is 16.1. The molecule has 0 saturated heterocycles. The molecule has 1 saturated carbocycles. The van der Waals surface area contributed by atoms with Crippen LogP contribution >= 0.6 is 11.6 Å².